The molecule has 76 valence electrons. The first-order valence-electron chi connectivity index (χ1n) is 4.23. The second-order valence-corrected chi connectivity index (χ2v) is 3.83. The lowest BCUT2D eigenvalue weighted by Crippen LogP contribution is -2.20. The predicted octanol–water partition coefficient (Wildman–Crippen LogP) is 2.32. The SMILES string of the molecule is CNCC(=O)Cc1cc(Cl)ccc1Cl. The van der Waals surface area contributed by atoms with Crippen LogP contribution in [0, 0.1) is 0 Å². The Hall–Kier alpha value is -0.570. The summed E-state index contributed by atoms with van der Waals surface area (Å²) in [6.45, 7) is 0.350. The average Bonchev–Trinajstić information content (AvgIpc) is 2.12. The zero-order valence-corrected chi connectivity index (χ0v) is 9.32. The van der Waals surface area contributed by atoms with Crippen molar-refractivity contribution in [3.63, 3.8) is 0 Å². The van der Waals surface area contributed by atoms with Crippen molar-refractivity contribution in [1.29, 1.82) is 0 Å². The van der Waals surface area contributed by atoms with E-state index in [2.05, 4.69) is 5.32 Å². The van der Waals surface area contributed by atoms with Crippen molar-refractivity contribution >= 4 is 29.0 Å². The Morgan fingerprint density at radius 3 is 2.79 bits per heavy atom. The molecule has 2 nitrogen and oxygen atoms in total. The minimum atomic E-state index is 0.0941. The van der Waals surface area contributed by atoms with Gasteiger partial charge in [0.2, 0.25) is 0 Å². The van der Waals surface area contributed by atoms with Crippen LogP contribution in [0.4, 0.5) is 0 Å². The second kappa shape index (κ2) is 5.35. The van der Waals surface area contributed by atoms with E-state index in [-0.39, 0.29) is 5.78 Å². The molecule has 0 unspecified atom stereocenters. The zero-order chi connectivity index (χ0) is 10.6. The van der Waals surface area contributed by atoms with Gasteiger partial charge in [0.25, 0.3) is 0 Å². The van der Waals surface area contributed by atoms with Crippen molar-refractivity contribution in [2.24, 2.45) is 0 Å². The van der Waals surface area contributed by atoms with E-state index in [1.165, 1.54) is 0 Å². The molecule has 0 spiro atoms. The molecule has 0 aliphatic carbocycles. The molecule has 1 aromatic rings. The third-order valence-electron chi connectivity index (χ3n) is 1.77. The van der Waals surface area contributed by atoms with Crippen molar-refractivity contribution < 1.29 is 4.79 Å². The van der Waals surface area contributed by atoms with Crippen LogP contribution in [0.2, 0.25) is 10.0 Å². The van der Waals surface area contributed by atoms with Crippen molar-refractivity contribution in [2.45, 2.75) is 6.42 Å². The normalized spacial score (nSPS) is 10.2. The standard InChI is InChI=1S/C10H11Cl2NO/c1-13-6-9(14)5-7-4-8(11)2-3-10(7)12/h2-4,13H,5-6H2,1H3. The van der Waals surface area contributed by atoms with Crippen LogP contribution in [0.25, 0.3) is 0 Å². The molecule has 0 saturated heterocycles. The van der Waals surface area contributed by atoms with Gasteiger partial charge in [0.1, 0.15) is 0 Å². The van der Waals surface area contributed by atoms with E-state index in [0.717, 1.165) is 5.56 Å². The number of hydrogen-bond acceptors (Lipinski definition) is 2. The monoisotopic (exact) mass is 231 g/mol. The quantitative estimate of drug-likeness (QED) is 0.863. The topological polar surface area (TPSA) is 29.1 Å². The summed E-state index contributed by atoms with van der Waals surface area (Å²) in [6, 6.07) is 5.12. The van der Waals surface area contributed by atoms with Gasteiger partial charge in [-0.05, 0) is 30.8 Å². The number of hydrogen-bond donors (Lipinski definition) is 1. The van der Waals surface area contributed by atoms with Crippen LogP contribution in [-0.4, -0.2) is 19.4 Å². The summed E-state index contributed by atoms with van der Waals surface area (Å²) in [7, 11) is 1.73. The highest BCUT2D eigenvalue weighted by Gasteiger charge is 2.06. The van der Waals surface area contributed by atoms with Crippen LogP contribution in [0.3, 0.4) is 0 Å². The average molecular weight is 232 g/mol. The molecule has 0 aliphatic heterocycles. The lowest BCUT2D eigenvalue weighted by molar-refractivity contribution is -0.117. The van der Waals surface area contributed by atoms with Gasteiger partial charge in [-0.25, -0.2) is 0 Å². The van der Waals surface area contributed by atoms with Crippen molar-refractivity contribution in [1.82, 2.24) is 5.32 Å². The number of carbonyl (C=O) groups is 1. The summed E-state index contributed by atoms with van der Waals surface area (Å²) < 4.78 is 0. The number of rotatable bonds is 4. The molecular weight excluding hydrogens is 221 g/mol. The van der Waals surface area contributed by atoms with E-state index < -0.39 is 0 Å². The Morgan fingerprint density at radius 1 is 1.43 bits per heavy atom. The summed E-state index contributed by atoms with van der Waals surface area (Å²) in [5.41, 5.74) is 0.777. The minimum Gasteiger partial charge on any atom is -0.313 e. The summed E-state index contributed by atoms with van der Waals surface area (Å²) >= 11 is 11.7. The van der Waals surface area contributed by atoms with Gasteiger partial charge in [-0.3, -0.25) is 4.79 Å². The number of carbonyl (C=O) groups excluding carboxylic acids is 1. The summed E-state index contributed by atoms with van der Waals surface area (Å²) in [6.07, 6.45) is 0.320. The van der Waals surface area contributed by atoms with E-state index in [0.29, 0.717) is 23.0 Å². The highest BCUT2D eigenvalue weighted by molar-refractivity contribution is 6.33. The maximum Gasteiger partial charge on any atom is 0.151 e. The Kier molecular flexibility index (Phi) is 4.39. The number of likely N-dealkylation sites (N-methyl/N-ethyl adjacent to an activating group) is 1. The Labute approximate surface area is 93.2 Å². The van der Waals surface area contributed by atoms with Gasteiger partial charge >= 0.3 is 0 Å². The Bertz CT molecular complexity index is 339. The van der Waals surface area contributed by atoms with Crippen LogP contribution in [-0.2, 0) is 11.2 Å². The molecule has 0 radical (unpaired) electrons. The fourth-order valence-electron chi connectivity index (χ4n) is 1.15. The van der Waals surface area contributed by atoms with Crippen molar-refractivity contribution in [2.75, 3.05) is 13.6 Å². The van der Waals surface area contributed by atoms with Gasteiger partial charge in [-0.2, -0.15) is 0 Å². The molecule has 0 saturated carbocycles. The minimum absolute atomic E-state index is 0.0941. The van der Waals surface area contributed by atoms with E-state index in [9.17, 15) is 4.79 Å². The highest BCUT2D eigenvalue weighted by atomic mass is 35.5. The van der Waals surface area contributed by atoms with Crippen LogP contribution in [0.15, 0.2) is 18.2 Å². The first kappa shape index (κ1) is 11.5. The molecule has 0 bridgehead atoms. The zero-order valence-electron chi connectivity index (χ0n) is 7.81. The van der Waals surface area contributed by atoms with Gasteiger partial charge in [0.05, 0.1) is 6.54 Å². The fraction of sp³-hybridized carbons (Fsp3) is 0.300. The van der Waals surface area contributed by atoms with Gasteiger partial charge in [0, 0.05) is 16.5 Å². The Morgan fingerprint density at radius 2 is 2.14 bits per heavy atom. The smallest absolute Gasteiger partial charge is 0.151 e. The van der Waals surface area contributed by atoms with Gasteiger partial charge in [-0.1, -0.05) is 23.2 Å². The van der Waals surface area contributed by atoms with Crippen LogP contribution in [0.1, 0.15) is 5.56 Å². The lowest BCUT2D eigenvalue weighted by atomic mass is 10.1. The van der Waals surface area contributed by atoms with Crippen molar-refractivity contribution in [3.8, 4) is 0 Å². The highest BCUT2D eigenvalue weighted by Crippen LogP contribution is 2.20. The summed E-state index contributed by atoms with van der Waals surface area (Å²) in [5, 5.41) is 3.98. The molecule has 1 aromatic carbocycles. The third kappa shape index (κ3) is 3.29. The molecule has 14 heavy (non-hydrogen) atoms. The summed E-state index contributed by atoms with van der Waals surface area (Å²) in [5.74, 6) is 0.0941. The number of nitrogens with one attached hydrogen (secondary N) is 1. The number of ketones is 1. The predicted molar refractivity (Wildman–Crippen MR) is 59.1 cm³/mol. The maximum atomic E-state index is 11.3. The first-order chi connectivity index (χ1) is 6.63. The number of Topliss-reactive ketones (excluding diaryl/α,β-unsaturated/α-hetero) is 1. The molecule has 0 atom stereocenters. The molecule has 0 aromatic heterocycles. The molecule has 0 amide bonds. The van der Waals surface area contributed by atoms with Gasteiger partial charge in [0.15, 0.2) is 5.78 Å². The molecule has 0 aliphatic rings. The van der Waals surface area contributed by atoms with Gasteiger partial charge in [-0.15, -0.1) is 0 Å². The molecule has 1 rings (SSSR count). The maximum absolute atomic E-state index is 11.3. The van der Waals surface area contributed by atoms with Crippen LogP contribution in [0.5, 0.6) is 0 Å². The first-order valence-corrected chi connectivity index (χ1v) is 4.99. The van der Waals surface area contributed by atoms with Gasteiger partial charge < -0.3 is 5.32 Å². The third-order valence-corrected chi connectivity index (χ3v) is 2.37. The van der Waals surface area contributed by atoms with Crippen LogP contribution < -0.4 is 5.32 Å². The largest absolute Gasteiger partial charge is 0.313 e. The molecular formula is C10H11Cl2NO. The molecule has 0 heterocycles. The van der Waals surface area contributed by atoms with E-state index in [1.54, 1.807) is 25.2 Å². The van der Waals surface area contributed by atoms with E-state index in [4.69, 9.17) is 23.2 Å². The lowest BCUT2D eigenvalue weighted by Gasteiger charge is -2.03. The molecule has 4 heteroatoms. The van der Waals surface area contributed by atoms with E-state index >= 15 is 0 Å². The second-order valence-electron chi connectivity index (χ2n) is 2.98. The fourth-order valence-corrected chi connectivity index (χ4v) is 1.53. The number of benzene rings is 1. The van der Waals surface area contributed by atoms with E-state index in [1.807, 2.05) is 0 Å². The van der Waals surface area contributed by atoms with Crippen LogP contribution >= 0.6 is 23.2 Å². The molecule has 0 fully saturated rings. The molecule has 1 N–H and O–H groups in total. The Balaban J connectivity index is 2.75. The summed E-state index contributed by atoms with van der Waals surface area (Å²) in [4.78, 5) is 11.3. The number of halogens is 2. The van der Waals surface area contributed by atoms with Crippen molar-refractivity contribution in [3.05, 3.63) is 33.8 Å².